The maximum atomic E-state index is 12.5. The topological polar surface area (TPSA) is 98.8 Å². The maximum Gasteiger partial charge on any atom is 0.341 e. The largest absolute Gasteiger partial charge is 0.495 e. The van der Waals surface area contributed by atoms with Crippen molar-refractivity contribution in [1.82, 2.24) is 0 Å². The van der Waals surface area contributed by atoms with Crippen LogP contribution in [0.1, 0.15) is 17.3 Å². The second-order valence-electron chi connectivity index (χ2n) is 5.57. The summed E-state index contributed by atoms with van der Waals surface area (Å²) in [6, 6.07) is 10.5. The number of hydrogen-bond acceptors (Lipinski definition) is 6. The van der Waals surface area contributed by atoms with E-state index >= 15 is 0 Å². The summed E-state index contributed by atoms with van der Waals surface area (Å²) in [5.74, 6) is -4.67. The number of carbonyl (C=O) groups excluding carboxylic acids is 2. The number of sulfone groups is 1. The first-order valence-corrected chi connectivity index (χ1v) is 9.48. The molecule has 28 heavy (non-hydrogen) atoms. The van der Waals surface area contributed by atoms with Crippen LogP contribution in [0.25, 0.3) is 0 Å². The number of hydrogen-bond donors (Lipinski definition) is 1. The zero-order chi connectivity index (χ0) is 20.9. The molecule has 1 N–H and O–H groups in total. The minimum Gasteiger partial charge on any atom is -0.495 e. The number of methoxy groups -OCH3 is 1. The van der Waals surface area contributed by atoms with Gasteiger partial charge >= 0.3 is 11.7 Å². The van der Waals surface area contributed by atoms with Crippen LogP contribution in [0, 0.1) is 0 Å². The molecule has 0 aromatic heterocycles. The van der Waals surface area contributed by atoms with E-state index in [9.17, 15) is 26.8 Å². The van der Waals surface area contributed by atoms with Gasteiger partial charge in [-0.3, -0.25) is 4.79 Å². The number of nitrogens with one attached hydrogen (secondary N) is 1. The Morgan fingerprint density at radius 1 is 1.04 bits per heavy atom. The molecule has 0 radical (unpaired) electrons. The molecule has 0 bridgehead atoms. The molecule has 1 amide bonds. The van der Waals surface area contributed by atoms with Gasteiger partial charge in [-0.25, -0.2) is 13.2 Å². The van der Waals surface area contributed by atoms with E-state index in [1.165, 1.54) is 14.0 Å². The molecule has 0 unspecified atom stereocenters. The summed E-state index contributed by atoms with van der Waals surface area (Å²) in [5.41, 5.74) is 0.296. The average molecular weight is 413 g/mol. The van der Waals surface area contributed by atoms with Crippen molar-refractivity contribution in [3.63, 3.8) is 0 Å². The lowest BCUT2D eigenvalue weighted by Gasteiger charge is -2.15. The van der Waals surface area contributed by atoms with Crippen LogP contribution in [0.4, 0.5) is 14.5 Å². The summed E-state index contributed by atoms with van der Waals surface area (Å²) in [4.78, 5) is 23.7. The zero-order valence-corrected chi connectivity index (χ0v) is 15.7. The smallest absolute Gasteiger partial charge is 0.341 e. The van der Waals surface area contributed by atoms with Gasteiger partial charge in [-0.2, -0.15) is 8.78 Å². The van der Waals surface area contributed by atoms with Gasteiger partial charge in [-0.05, 0) is 43.3 Å². The minimum absolute atomic E-state index is 0.0924. The number of para-hydroxylation sites is 2. The zero-order valence-electron chi connectivity index (χ0n) is 14.9. The van der Waals surface area contributed by atoms with Crippen molar-refractivity contribution in [3.8, 4) is 5.75 Å². The third kappa shape index (κ3) is 4.83. The first-order valence-electron chi connectivity index (χ1n) is 7.93. The molecule has 10 heteroatoms. The molecule has 7 nitrogen and oxygen atoms in total. The van der Waals surface area contributed by atoms with Crippen molar-refractivity contribution in [1.29, 1.82) is 0 Å². The Kier molecular flexibility index (Phi) is 6.68. The minimum atomic E-state index is -4.76. The second kappa shape index (κ2) is 8.79. The number of halogens is 2. The highest BCUT2D eigenvalue weighted by Crippen LogP contribution is 2.23. The molecule has 0 aliphatic heterocycles. The van der Waals surface area contributed by atoms with E-state index in [1.807, 2.05) is 0 Å². The van der Waals surface area contributed by atoms with Crippen molar-refractivity contribution < 1.29 is 36.3 Å². The van der Waals surface area contributed by atoms with E-state index in [0.29, 0.717) is 11.4 Å². The molecular weight excluding hydrogens is 396 g/mol. The summed E-state index contributed by atoms with van der Waals surface area (Å²) < 4.78 is 57.9. The number of benzene rings is 2. The van der Waals surface area contributed by atoms with Crippen molar-refractivity contribution in [2.45, 2.75) is 23.7 Å². The highest BCUT2D eigenvalue weighted by Gasteiger charge is 2.27. The van der Waals surface area contributed by atoms with Crippen molar-refractivity contribution >= 4 is 27.4 Å². The molecule has 0 saturated carbocycles. The van der Waals surface area contributed by atoms with E-state index in [4.69, 9.17) is 9.47 Å². The third-order valence-electron chi connectivity index (χ3n) is 3.67. The fourth-order valence-corrected chi connectivity index (χ4v) is 2.87. The Labute approximate surface area is 160 Å². The van der Waals surface area contributed by atoms with Crippen LogP contribution in [-0.4, -0.2) is 39.3 Å². The fraction of sp³-hybridized carbons (Fsp3) is 0.222. The van der Waals surface area contributed by atoms with Crippen LogP contribution in [0.2, 0.25) is 0 Å². The van der Waals surface area contributed by atoms with E-state index in [-0.39, 0.29) is 5.56 Å². The van der Waals surface area contributed by atoms with Crippen LogP contribution in [0.5, 0.6) is 5.75 Å². The van der Waals surface area contributed by atoms with Crippen LogP contribution in [-0.2, 0) is 19.4 Å². The van der Waals surface area contributed by atoms with Crippen molar-refractivity contribution in [2.75, 3.05) is 12.4 Å². The van der Waals surface area contributed by atoms with E-state index in [1.54, 1.807) is 24.3 Å². The Morgan fingerprint density at radius 2 is 1.64 bits per heavy atom. The van der Waals surface area contributed by atoms with Gasteiger partial charge in [0.25, 0.3) is 5.91 Å². The highest BCUT2D eigenvalue weighted by atomic mass is 32.2. The quantitative estimate of drug-likeness (QED) is 0.701. The van der Waals surface area contributed by atoms with Crippen LogP contribution >= 0.6 is 0 Å². The summed E-state index contributed by atoms with van der Waals surface area (Å²) in [6.07, 6.45) is -1.18. The van der Waals surface area contributed by atoms with Gasteiger partial charge in [0.15, 0.2) is 6.10 Å². The SMILES string of the molecule is COc1ccccc1NC(=O)[C@@H](C)OC(=O)c1ccc(S(=O)(=O)C(F)F)cc1. The molecule has 2 rings (SSSR count). The molecule has 0 spiro atoms. The van der Waals surface area contributed by atoms with E-state index in [2.05, 4.69) is 5.32 Å². The average Bonchev–Trinajstić information content (AvgIpc) is 2.68. The van der Waals surface area contributed by atoms with Crippen LogP contribution in [0.3, 0.4) is 0 Å². The molecule has 2 aromatic rings. The number of rotatable bonds is 7. The normalized spacial score (nSPS) is 12.3. The summed E-state index contributed by atoms with van der Waals surface area (Å²) in [6.45, 7) is 1.35. The Bertz CT molecular complexity index is 960. The molecule has 0 aliphatic carbocycles. The van der Waals surface area contributed by atoms with Gasteiger partial charge in [0, 0.05) is 0 Å². The molecule has 0 heterocycles. The number of amides is 1. The third-order valence-corrected chi connectivity index (χ3v) is 5.07. The molecule has 0 saturated heterocycles. The summed E-state index contributed by atoms with van der Waals surface area (Å²) >= 11 is 0. The molecule has 0 aliphatic rings. The number of ether oxygens (including phenoxy) is 2. The summed E-state index contributed by atoms with van der Waals surface area (Å²) in [7, 11) is -3.32. The number of anilines is 1. The Hall–Kier alpha value is -3.01. The molecule has 1 atom stereocenters. The maximum absolute atomic E-state index is 12.5. The lowest BCUT2D eigenvalue weighted by molar-refractivity contribution is -0.123. The highest BCUT2D eigenvalue weighted by molar-refractivity contribution is 7.91. The predicted octanol–water partition coefficient (Wildman–Crippen LogP) is 2.88. The second-order valence-corrected chi connectivity index (χ2v) is 7.48. The van der Waals surface area contributed by atoms with Gasteiger partial charge in [-0.1, -0.05) is 12.1 Å². The summed E-state index contributed by atoms with van der Waals surface area (Å²) in [5, 5.41) is 2.56. The van der Waals surface area contributed by atoms with Gasteiger partial charge < -0.3 is 14.8 Å². The van der Waals surface area contributed by atoms with E-state index in [0.717, 1.165) is 24.3 Å². The van der Waals surface area contributed by atoms with Crippen molar-refractivity contribution in [3.05, 3.63) is 54.1 Å². The molecule has 150 valence electrons. The monoisotopic (exact) mass is 413 g/mol. The first-order chi connectivity index (χ1) is 13.2. The van der Waals surface area contributed by atoms with E-state index < -0.39 is 38.5 Å². The molecular formula is C18H17F2NO6S. The number of carbonyl (C=O) groups is 2. The van der Waals surface area contributed by atoms with Gasteiger partial charge in [0.05, 0.1) is 23.3 Å². The lowest BCUT2D eigenvalue weighted by Crippen LogP contribution is -2.30. The van der Waals surface area contributed by atoms with Gasteiger partial charge in [0.2, 0.25) is 9.84 Å². The van der Waals surface area contributed by atoms with Crippen molar-refractivity contribution in [2.24, 2.45) is 0 Å². The number of alkyl halides is 2. The predicted molar refractivity (Wildman–Crippen MR) is 96.1 cm³/mol. The fourth-order valence-electron chi connectivity index (χ4n) is 2.15. The van der Waals surface area contributed by atoms with Crippen LogP contribution in [0.15, 0.2) is 53.4 Å². The lowest BCUT2D eigenvalue weighted by atomic mass is 10.2. The number of esters is 1. The van der Waals surface area contributed by atoms with Gasteiger partial charge in [-0.15, -0.1) is 0 Å². The Morgan fingerprint density at radius 3 is 2.21 bits per heavy atom. The van der Waals surface area contributed by atoms with Crippen LogP contribution < -0.4 is 10.1 Å². The first kappa shape index (κ1) is 21.3. The molecule has 0 fully saturated rings. The Balaban J connectivity index is 2.04. The van der Waals surface area contributed by atoms with Gasteiger partial charge in [0.1, 0.15) is 5.75 Å². The molecule has 2 aromatic carbocycles. The standard InChI is InChI=1S/C18H17F2NO6S/c1-11(16(22)21-14-5-3-4-6-15(14)26-2)27-17(23)12-7-9-13(10-8-12)28(24,25)18(19)20/h3-11,18H,1-2H3,(H,21,22)/t11-/m1/s1.